The number of rotatable bonds is 8. The van der Waals surface area contributed by atoms with Crippen LogP contribution in [-0.2, 0) is 33.5 Å². The maximum atomic E-state index is 15.1. The first-order chi connectivity index (χ1) is 15.5. The van der Waals surface area contributed by atoms with Crippen LogP contribution in [0.15, 0.2) is 48.5 Å². The Kier molecular flexibility index (Phi) is 7.74. The topological polar surface area (TPSA) is 27.7 Å². The number of methoxy groups -OCH3 is 1. The van der Waals surface area contributed by atoms with Crippen molar-refractivity contribution in [1.29, 1.82) is 0 Å². The Hall–Kier alpha value is -2.05. The van der Waals surface area contributed by atoms with E-state index in [9.17, 15) is 4.39 Å². The normalized spacial score (nSPS) is 18.9. The fourth-order valence-corrected chi connectivity index (χ4v) is 4.19. The monoisotopic (exact) mass is 460 g/mol. The second kappa shape index (κ2) is 10.7. The summed E-state index contributed by atoms with van der Waals surface area (Å²) in [6.07, 6.45) is 2.37. The van der Waals surface area contributed by atoms with Crippen molar-refractivity contribution in [1.82, 2.24) is 0 Å². The Bertz CT molecular complexity index is 1060. The summed E-state index contributed by atoms with van der Waals surface area (Å²) in [6, 6.07) is 14.3. The molecule has 0 spiro atoms. The van der Waals surface area contributed by atoms with Gasteiger partial charge in [0.05, 0.1) is 24.8 Å². The fourth-order valence-electron chi connectivity index (χ4n) is 4.08. The SMILES string of the molecule is COCC1COC(CCc2ccc3c(F)c(CCc4ccc(Cl)c(F)c4)ccc3c2)OC1. The molecule has 3 aromatic rings. The summed E-state index contributed by atoms with van der Waals surface area (Å²) < 4.78 is 45.4. The van der Waals surface area contributed by atoms with Gasteiger partial charge in [-0.3, -0.25) is 0 Å². The van der Waals surface area contributed by atoms with Crippen LogP contribution in [0.5, 0.6) is 0 Å². The van der Waals surface area contributed by atoms with Gasteiger partial charge in [-0.05, 0) is 53.5 Å². The summed E-state index contributed by atoms with van der Waals surface area (Å²) in [7, 11) is 1.68. The van der Waals surface area contributed by atoms with Gasteiger partial charge in [-0.15, -0.1) is 0 Å². The van der Waals surface area contributed by atoms with Crippen LogP contribution in [0.3, 0.4) is 0 Å². The van der Waals surface area contributed by atoms with Crippen LogP contribution in [0.4, 0.5) is 8.78 Å². The molecule has 4 rings (SSSR count). The van der Waals surface area contributed by atoms with Gasteiger partial charge in [0.2, 0.25) is 0 Å². The molecular formula is C26H27ClF2O3. The fraction of sp³-hybridized carbons (Fsp3) is 0.385. The minimum absolute atomic E-state index is 0.0957. The van der Waals surface area contributed by atoms with Gasteiger partial charge < -0.3 is 14.2 Å². The third kappa shape index (κ3) is 5.65. The van der Waals surface area contributed by atoms with Gasteiger partial charge in [0.1, 0.15) is 11.6 Å². The summed E-state index contributed by atoms with van der Waals surface area (Å²) in [5, 5.41) is 1.56. The predicted octanol–water partition coefficient (Wildman–Crippen LogP) is 6.12. The van der Waals surface area contributed by atoms with E-state index in [0.29, 0.717) is 43.6 Å². The van der Waals surface area contributed by atoms with Gasteiger partial charge in [0.25, 0.3) is 0 Å². The standard InChI is InChI=1S/C26H27ClF2O3/c1-30-14-19-15-31-25(32-16-19)11-5-17-3-9-22-21(12-17)8-7-20(26(22)29)6-2-18-4-10-23(27)24(28)13-18/h3-4,7-10,12-13,19,25H,2,5-6,11,14-16H2,1H3. The Morgan fingerprint density at radius 2 is 1.69 bits per heavy atom. The molecule has 1 saturated heterocycles. The summed E-state index contributed by atoms with van der Waals surface area (Å²) >= 11 is 5.73. The molecule has 0 saturated carbocycles. The van der Waals surface area contributed by atoms with E-state index >= 15 is 4.39 Å². The van der Waals surface area contributed by atoms with E-state index in [1.54, 1.807) is 13.2 Å². The highest BCUT2D eigenvalue weighted by atomic mass is 35.5. The molecule has 0 bridgehead atoms. The predicted molar refractivity (Wildman–Crippen MR) is 122 cm³/mol. The quantitative estimate of drug-likeness (QED) is 0.405. The number of halogens is 3. The third-order valence-electron chi connectivity index (χ3n) is 5.87. The van der Waals surface area contributed by atoms with Crippen molar-refractivity contribution in [2.45, 2.75) is 32.0 Å². The molecule has 3 nitrogen and oxygen atoms in total. The molecule has 0 atom stereocenters. The molecule has 1 aliphatic heterocycles. The second-order valence-electron chi connectivity index (χ2n) is 8.30. The lowest BCUT2D eigenvalue weighted by molar-refractivity contribution is -0.208. The van der Waals surface area contributed by atoms with Crippen molar-refractivity contribution in [3.63, 3.8) is 0 Å². The number of benzene rings is 3. The summed E-state index contributed by atoms with van der Waals surface area (Å²) in [5.41, 5.74) is 2.53. The lowest BCUT2D eigenvalue weighted by Crippen LogP contribution is -2.34. The minimum Gasteiger partial charge on any atom is -0.384 e. The van der Waals surface area contributed by atoms with E-state index < -0.39 is 5.82 Å². The van der Waals surface area contributed by atoms with E-state index in [4.69, 9.17) is 25.8 Å². The van der Waals surface area contributed by atoms with Crippen LogP contribution in [0.25, 0.3) is 10.8 Å². The average molecular weight is 461 g/mol. The van der Waals surface area contributed by atoms with Gasteiger partial charge in [-0.2, -0.15) is 0 Å². The van der Waals surface area contributed by atoms with Crippen LogP contribution < -0.4 is 0 Å². The molecule has 1 aliphatic rings. The zero-order chi connectivity index (χ0) is 22.5. The molecule has 1 heterocycles. The largest absolute Gasteiger partial charge is 0.384 e. The Balaban J connectivity index is 1.37. The smallest absolute Gasteiger partial charge is 0.157 e. The summed E-state index contributed by atoms with van der Waals surface area (Å²) in [6.45, 7) is 1.93. The van der Waals surface area contributed by atoms with Crippen LogP contribution >= 0.6 is 11.6 Å². The van der Waals surface area contributed by atoms with E-state index in [1.165, 1.54) is 12.1 Å². The number of hydrogen-bond donors (Lipinski definition) is 0. The maximum Gasteiger partial charge on any atom is 0.157 e. The number of aryl methyl sites for hydroxylation is 3. The first kappa shape index (κ1) is 23.1. The van der Waals surface area contributed by atoms with Crippen molar-refractivity contribution in [3.8, 4) is 0 Å². The molecule has 1 fully saturated rings. The Morgan fingerprint density at radius 3 is 2.44 bits per heavy atom. The van der Waals surface area contributed by atoms with Gasteiger partial charge >= 0.3 is 0 Å². The van der Waals surface area contributed by atoms with Gasteiger partial charge in [0, 0.05) is 24.8 Å². The van der Waals surface area contributed by atoms with Crippen molar-refractivity contribution in [2.24, 2.45) is 5.92 Å². The highest BCUT2D eigenvalue weighted by Crippen LogP contribution is 2.25. The first-order valence-electron chi connectivity index (χ1n) is 10.9. The van der Waals surface area contributed by atoms with Crippen LogP contribution in [0.1, 0.15) is 23.1 Å². The van der Waals surface area contributed by atoms with Crippen molar-refractivity contribution < 1.29 is 23.0 Å². The Labute approximate surface area is 192 Å². The molecule has 32 heavy (non-hydrogen) atoms. The van der Waals surface area contributed by atoms with E-state index in [2.05, 4.69) is 0 Å². The zero-order valence-corrected chi connectivity index (χ0v) is 18.8. The van der Waals surface area contributed by atoms with Crippen molar-refractivity contribution in [2.75, 3.05) is 26.9 Å². The molecule has 0 amide bonds. The van der Waals surface area contributed by atoms with Crippen LogP contribution in [-0.4, -0.2) is 33.2 Å². The number of fused-ring (bicyclic) bond motifs is 1. The van der Waals surface area contributed by atoms with Gasteiger partial charge in [0.15, 0.2) is 6.29 Å². The molecule has 0 N–H and O–H groups in total. The highest BCUT2D eigenvalue weighted by molar-refractivity contribution is 6.30. The number of ether oxygens (including phenoxy) is 3. The Morgan fingerprint density at radius 1 is 0.938 bits per heavy atom. The van der Waals surface area contributed by atoms with Crippen LogP contribution in [0.2, 0.25) is 5.02 Å². The second-order valence-corrected chi connectivity index (χ2v) is 8.71. The van der Waals surface area contributed by atoms with Crippen molar-refractivity contribution in [3.05, 3.63) is 81.9 Å². The maximum absolute atomic E-state index is 15.1. The van der Waals surface area contributed by atoms with E-state index in [1.807, 2.05) is 30.3 Å². The van der Waals surface area contributed by atoms with Gasteiger partial charge in [-0.25, -0.2) is 8.78 Å². The summed E-state index contributed by atoms with van der Waals surface area (Å²) in [5.74, 6) is -0.381. The lowest BCUT2D eigenvalue weighted by Gasteiger charge is -2.29. The van der Waals surface area contributed by atoms with E-state index in [0.717, 1.165) is 29.4 Å². The molecule has 0 aromatic heterocycles. The van der Waals surface area contributed by atoms with Crippen molar-refractivity contribution >= 4 is 22.4 Å². The highest BCUT2D eigenvalue weighted by Gasteiger charge is 2.22. The summed E-state index contributed by atoms with van der Waals surface area (Å²) in [4.78, 5) is 0. The lowest BCUT2D eigenvalue weighted by atomic mass is 9.98. The molecule has 0 unspecified atom stereocenters. The molecule has 170 valence electrons. The molecule has 6 heteroatoms. The van der Waals surface area contributed by atoms with Gasteiger partial charge in [-0.1, -0.05) is 48.0 Å². The molecule has 0 aliphatic carbocycles. The first-order valence-corrected chi connectivity index (χ1v) is 11.3. The van der Waals surface area contributed by atoms with E-state index in [-0.39, 0.29) is 23.0 Å². The third-order valence-corrected chi connectivity index (χ3v) is 6.18. The number of hydrogen-bond acceptors (Lipinski definition) is 3. The molecular weight excluding hydrogens is 434 g/mol. The minimum atomic E-state index is -0.450. The molecule has 0 radical (unpaired) electrons. The zero-order valence-electron chi connectivity index (χ0n) is 18.1. The van der Waals surface area contributed by atoms with Crippen LogP contribution in [0, 0.1) is 17.6 Å². The average Bonchev–Trinajstić information content (AvgIpc) is 2.80. The molecule has 3 aromatic carbocycles.